The van der Waals surface area contributed by atoms with Crippen molar-refractivity contribution in [2.24, 2.45) is 0 Å². The first kappa shape index (κ1) is 23.3. The fourth-order valence-corrected chi connectivity index (χ4v) is 5.30. The van der Waals surface area contributed by atoms with Gasteiger partial charge in [-0.3, -0.25) is 9.69 Å². The normalized spacial score (nSPS) is 14.3. The van der Waals surface area contributed by atoms with Crippen LogP contribution in [0.1, 0.15) is 15.9 Å². The van der Waals surface area contributed by atoms with E-state index in [0.29, 0.717) is 5.56 Å². The van der Waals surface area contributed by atoms with Gasteiger partial charge in [0.05, 0.1) is 4.70 Å². The summed E-state index contributed by atoms with van der Waals surface area (Å²) in [7, 11) is 3.95. The Kier molecular flexibility index (Phi) is 6.97. The Morgan fingerprint density at radius 1 is 0.971 bits per heavy atom. The minimum absolute atomic E-state index is 0.0865. The number of fused-ring (bicyclic) bond motifs is 1. The second-order valence-electron chi connectivity index (χ2n) is 9.18. The third-order valence-electron chi connectivity index (χ3n) is 6.56. The van der Waals surface area contributed by atoms with Crippen LogP contribution in [0.4, 0.5) is 17.2 Å². The summed E-state index contributed by atoms with van der Waals surface area (Å²) in [5, 5.41) is 4.32. The summed E-state index contributed by atoms with van der Waals surface area (Å²) in [4.78, 5) is 19.7. The molecule has 1 fully saturated rings. The van der Waals surface area contributed by atoms with E-state index in [-0.39, 0.29) is 5.91 Å². The molecule has 1 aliphatic heterocycles. The van der Waals surface area contributed by atoms with Crippen LogP contribution < -0.4 is 15.1 Å². The molecule has 2 heterocycles. The maximum Gasteiger partial charge on any atom is 0.255 e. The van der Waals surface area contributed by atoms with Crippen molar-refractivity contribution in [1.82, 2.24) is 9.27 Å². The predicted octanol–water partition coefficient (Wildman–Crippen LogP) is 4.98. The summed E-state index contributed by atoms with van der Waals surface area (Å²) >= 11 is 1.58. The third kappa shape index (κ3) is 5.47. The zero-order valence-electron chi connectivity index (χ0n) is 20.3. The molecule has 0 aliphatic carbocycles. The highest BCUT2D eigenvalue weighted by Gasteiger charge is 2.20. The number of nitrogens with one attached hydrogen (secondary N) is 1. The van der Waals surface area contributed by atoms with Gasteiger partial charge in [0.1, 0.15) is 5.82 Å². The average molecular weight is 486 g/mol. The number of carbonyl (C=O) groups excluding carboxylic acids is 1. The largest absolute Gasteiger partial charge is 0.378 e. The van der Waals surface area contributed by atoms with Crippen molar-refractivity contribution in [2.75, 3.05) is 61.9 Å². The Morgan fingerprint density at radius 2 is 1.77 bits per heavy atom. The lowest BCUT2D eigenvalue weighted by Crippen LogP contribution is -2.47. The molecule has 0 spiro atoms. The number of piperazine rings is 1. The van der Waals surface area contributed by atoms with Crippen molar-refractivity contribution in [3.63, 3.8) is 0 Å². The smallest absolute Gasteiger partial charge is 0.255 e. The van der Waals surface area contributed by atoms with Crippen molar-refractivity contribution in [2.45, 2.75) is 6.42 Å². The number of anilines is 3. The van der Waals surface area contributed by atoms with E-state index in [1.54, 1.807) is 11.5 Å². The Hall–Kier alpha value is -3.42. The summed E-state index contributed by atoms with van der Waals surface area (Å²) in [6, 6.07) is 24.3. The van der Waals surface area contributed by atoms with Gasteiger partial charge in [-0.2, -0.15) is 4.37 Å². The molecule has 4 aromatic rings. The second kappa shape index (κ2) is 10.5. The predicted molar refractivity (Wildman–Crippen MR) is 147 cm³/mol. The first-order chi connectivity index (χ1) is 17.1. The summed E-state index contributed by atoms with van der Waals surface area (Å²) < 4.78 is 5.97. The highest BCUT2D eigenvalue weighted by molar-refractivity contribution is 7.13. The van der Waals surface area contributed by atoms with Crippen LogP contribution in [0.25, 0.3) is 10.1 Å². The van der Waals surface area contributed by atoms with Crippen LogP contribution in [0.5, 0.6) is 0 Å². The van der Waals surface area contributed by atoms with Gasteiger partial charge in [-0.1, -0.05) is 30.3 Å². The fraction of sp³-hybridized carbons (Fsp3) is 0.286. The second-order valence-corrected chi connectivity index (χ2v) is 9.99. The quantitative estimate of drug-likeness (QED) is 0.400. The van der Waals surface area contributed by atoms with E-state index in [0.717, 1.165) is 56.3 Å². The molecule has 1 N–H and O–H groups in total. The Morgan fingerprint density at radius 3 is 2.60 bits per heavy atom. The van der Waals surface area contributed by atoms with Gasteiger partial charge < -0.3 is 15.1 Å². The molecule has 6 nitrogen and oxygen atoms in total. The van der Waals surface area contributed by atoms with Crippen molar-refractivity contribution in [3.8, 4) is 0 Å². The first-order valence-electron chi connectivity index (χ1n) is 12.1. The standard InChI is InChI=1S/C28H31N5OS/c1-31(2)24-10-6-8-22(20-24)28(34)29-23-9-5-7-21(19-23)13-14-32-15-17-33(18-16-32)27-25-11-3-4-12-26(25)35-30-27/h3-12,19-20H,13-18H2,1-2H3,(H,29,34). The molecule has 1 aromatic heterocycles. The molecule has 0 radical (unpaired) electrons. The number of rotatable bonds is 7. The number of nitrogens with zero attached hydrogens (tertiary/aromatic N) is 4. The molecule has 0 atom stereocenters. The fourth-order valence-electron chi connectivity index (χ4n) is 4.50. The zero-order valence-corrected chi connectivity index (χ0v) is 21.1. The van der Waals surface area contributed by atoms with E-state index in [9.17, 15) is 4.79 Å². The minimum Gasteiger partial charge on any atom is -0.378 e. The molecule has 3 aromatic carbocycles. The number of benzene rings is 3. The summed E-state index contributed by atoms with van der Waals surface area (Å²) in [6.45, 7) is 5.06. The lowest BCUT2D eigenvalue weighted by atomic mass is 10.1. The monoisotopic (exact) mass is 485 g/mol. The molecule has 180 valence electrons. The van der Waals surface area contributed by atoms with E-state index in [1.165, 1.54) is 15.6 Å². The van der Waals surface area contributed by atoms with E-state index >= 15 is 0 Å². The molecule has 0 bridgehead atoms. The highest BCUT2D eigenvalue weighted by Crippen LogP contribution is 2.29. The topological polar surface area (TPSA) is 51.7 Å². The number of hydrogen-bond acceptors (Lipinski definition) is 6. The van der Waals surface area contributed by atoms with E-state index in [2.05, 4.69) is 51.5 Å². The molecule has 1 amide bonds. The van der Waals surface area contributed by atoms with E-state index in [4.69, 9.17) is 4.37 Å². The summed E-state index contributed by atoms with van der Waals surface area (Å²) in [6.07, 6.45) is 0.958. The highest BCUT2D eigenvalue weighted by atomic mass is 32.1. The van der Waals surface area contributed by atoms with Gasteiger partial charge in [0, 0.05) is 69.1 Å². The Bertz CT molecular complexity index is 1310. The number of carbonyl (C=O) groups is 1. The van der Waals surface area contributed by atoms with Gasteiger partial charge in [-0.15, -0.1) is 0 Å². The average Bonchev–Trinajstić information content (AvgIpc) is 3.32. The number of amides is 1. The van der Waals surface area contributed by atoms with Gasteiger partial charge in [-0.05, 0) is 66.0 Å². The maximum absolute atomic E-state index is 12.8. The number of hydrogen-bond donors (Lipinski definition) is 1. The molecule has 5 rings (SSSR count). The molecule has 7 heteroatoms. The van der Waals surface area contributed by atoms with Crippen LogP contribution >= 0.6 is 11.5 Å². The zero-order chi connectivity index (χ0) is 24.2. The lowest BCUT2D eigenvalue weighted by Gasteiger charge is -2.35. The van der Waals surface area contributed by atoms with Crippen LogP contribution in [0.3, 0.4) is 0 Å². The number of aromatic nitrogens is 1. The lowest BCUT2D eigenvalue weighted by molar-refractivity contribution is 0.102. The van der Waals surface area contributed by atoms with Crippen LogP contribution in [-0.2, 0) is 6.42 Å². The first-order valence-corrected chi connectivity index (χ1v) is 12.8. The molecule has 1 aliphatic rings. The van der Waals surface area contributed by atoms with Crippen LogP contribution in [0.2, 0.25) is 0 Å². The van der Waals surface area contributed by atoms with Gasteiger partial charge >= 0.3 is 0 Å². The molecule has 35 heavy (non-hydrogen) atoms. The van der Waals surface area contributed by atoms with Crippen molar-refractivity contribution in [3.05, 3.63) is 83.9 Å². The third-order valence-corrected chi connectivity index (χ3v) is 7.37. The summed E-state index contributed by atoms with van der Waals surface area (Å²) in [5.74, 6) is 1.04. The van der Waals surface area contributed by atoms with Crippen molar-refractivity contribution >= 4 is 44.7 Å². The minimum atomic E-state index is -0.0865. The molecular weight excluding hydrogens is 454 g/mol. The van der Waals surface area contributed by atoms with Crippen LogP contribution in [0, 0.1) is 0 Å². The van der Waals surface area contributed by atoms with Gasteiger partial charge in [0.15, 0.2) is 0 Å². The molecule has 0 unspecified atom stereocenters. The van der Waals surface area contributed by atoms with Gasteiger partial charge in [0.2, 0.25) is 0 Å². The van der Waals surface area contributed by atoms with Crippen LogP contribution in [0.15, 0.2) is 72.8 Å². The SMILES string of the molecule is CN(C)c1cccc(C(=O)Nc2cccc(CCN3CCN(c4nsc5ccccc45)CC3)c2)c1. The Balaban J connectivity index is 1.14. The Labute approximate surface area is 210 Å². The van der Waals surface area contributed by atoms with E-state index in [1.807, 2.05) is 55.4 Å². The summed E-state index contributed by atoms with van der Waals surface area (Å²) in [5.41, 5.74) is 3.74. The van der Waals surface area contributed by atoms with E-state index < -0.39 is 0 Å². The van der Waals surface area contributed by atoms with Gasteiger partial charge in [-0.25, -0.2) is 0 Å². The molecular formula is C28H31N5OS. The van der Waals surface area contributed by atoms with Gasteiger partial charge in [0.25, 0.3) is 5.91 Å². The van der Waals surface area contributed by atoms with Crippen LogP contribution in [-0.4, -0.2) is 62.0 Å². The molecule has 0 saturated carbocycles. The van der Waals surface area contributed by atoms with Crippen molar-refractivity contribution < 1.29 is 4.79 Å². The molecule has 1 saturated heterocycles. The van der Waals surface area contributed by atoms with Crippen molar-refractivity contribution in [1.29, 1.82) is 0 Å². The maximum atomic E-state index is 12.8.